The number of anilines is 1. The van der Waals surface area contributed by atoms with E-state index in [9.17, 15) is 14.4 Å². The molecule has 0 radical (unpaired) electrons. The molecule has 4 aromatic rings. The average Bonchev–Trinajstić information content (AvgIpc) is 3.10. The number of imide groups is 1. The Balaban J connectivity index is 1.34. The Morgan fingerprint density at radius 3 is 1.88 bits per heavy atom. The van der Waals surface area contributed by atoms with Crippen LogP contribution in [0.25, 0.3) is 11.1 Å². The fourth-order valence-corrected chi connectivity index (χ4v) is 3.82. The maximum atomic E-state index is 12.7. The molecule has 5 heteroatoms. The van der Waals surface area contributed by atoms with Crippen LogP contribution in [-0.2, 0) is 0 Å². The summed E-state index contributed by atoms with van der Waals surface area (Å²) in [6.07, 6.45) is 0. The second kappa shape index (κ2) is 8.20. The summed E-state index contributed by atoms with van der Waals surface area (Å²) in [6.45, 7) is 2.04. The first-order valence-electron chi connectivity index (χ1n) is 10.5. The highest BCUT2D eigenvalue weighted by Gasteiger charge is 2.36. The monoisotopic (exact) mass is 433 g/mol. The Kier molecular flexibility index (Phi) is 5.07. The summed E-state index contributed by atoms with van der Waals surface area (Å²) in [7, 11) is 0. The van der Waals surface area contributed by atoms with E-state index < -0.39 is 17.8 Å². The molecule has 1 aliphatic rings. The number of ether oxygens (including phenoxy) is 1. The molecule has 0 aliphatic carbocycles. The molecule has 0 spiro atoms. The summed E-state index contributed by atoms with van der Waals surface area (Å²) < 4.78 is 5.52. The molecule has 4 aromatic carbocycles. The fraction of sp³-hybridized carbons (Fsp3) is 0.0357. The van der Waals surface area contributed by atoms with Crippen molar-refractivity contribution in [2.24, 2.45) is 0 Å². The largest absolute Gasteiger partial charge is 0.423 e. The third-order valence-corrected chi connectivity index (χ3v) is 5.58. The van der Waals surface area contributed by atoms with Gasteiger partial charge < -0.3 is 4.74 Å². The van der Waals surface area contributed by atoms with Crippen molar-refractivity contribution in [2.75, 3.05) is 4.90 Å². The van der Waals surface area contributed by atoms with Crippen LogP contribution < -0.4 is 9.64 Å². The van der Waals surface area contributed by atoms with Crippen LogP contribution in [0.1, 0.15) is 36.6 Å². The van der Waals surface area contributed by atoms with Gasteiger partial charge in [-0.05, 0) is 60.5 Å². The number of hydrogen-bond donors (Lipinski definition) is 0. The van der Waals surface area contributed by atoms with Gasteiger partial charge in [0.2, 0.25) is 0 Å². The van der Waals surface area contributed by atoms with Crippen LogP contribution >= 0.6 is 0 Å². The van der Waals surface area contributed by atoms with Gasteiger partial charge in [-0.15, -0.1) is 0 Å². The highest BCUT2D eigenvalue weighted by molar-refractivity contribution is 6.34. The van der Waals surface area contributed by atoms with E-state index in [2.05, 4.69) is 0 Å². The highest BCUT2D eigenvalue weighted by Crippen LogP contribution is 2.29. The maximum absolute atomic E-state index is 12.7. The molecule has 0 fully saturated rings. The van der Waals surface area contributed by atoms with E-state index >= 15 is 0 Å². The van der Waals surface area contributed by atoms with E-state index in [1.165, 1.54) is 11.6 Å². The van der Waals surface area contributed by atoms with Gasteiger partial charge in [-0.3, -0.25) is 9.59 Å². The number of fused-ring (bicyclic) bond motifs is 1. The van der Waals surface area contributed by atoms with Gasteiger partial charge in [-0.25, -0.2) is 9.69 Å². The minimum absolute atomic E-state index is 0.242. The summed E-state index contributed by atoms with van der Waals surface area (Å²) in [5, 5.41) is 0. The van der Waals surface area contributed by atoms with E-state index in [1.807, 2.05) is 43.3 Å². The Hall–Kier alpha value is -4.51. The van der Waals surface area contributed by atoms with Crippen molar-refractivity contribution in [3.05, 3.63) is 119 Å². The lowest BCUT2D eigenvalue weighted by molar-refractivity contribution is 0.0733. The fourth-order valence-electron chi connectivity index (χ4n) is 3.82. The molecule has 0 unspecified atom stereocenters. The number of esters is 1. The van der Waals surface area contributed by atoms with Crippen molar-refractivity contribution in [2.45, 2.75) is 6.92 Å². The zero-order valence-corrected chi connectivity index (χ0v) is 17.8. The van der Waals surface area contributed by atoms with E-state index in [0.717, 1.165) is 16.0 Å². The van der Waals surface area contributed by atoms with Crippen LogP contribution in [0, 0.1) is 6.92 Å². The first-order valence-corrected chi connectivity index (χ1v) is 10.5. The van der Waals surface area contributed by atoms with Crippen LogP contribution in [0.2, 0.25) is 0 Å². The number of carbonyl (C=O) groups is 3. The Morgan fingerprint density at radius 1 is 0.697 bits per heavy atom. The molecule has 0 N–H and O–H groups in total. The van der Waals surface area contributed by atoms with Crippen molar-refractivity contribution < 1.29 is 19.1 Å². The molecule has 0 aromatic heterocycles. The Bertz CT molecular complexity index is 1350. The molecule has 0 bridgehead atoms. The molecule has 1 aliphatic heterocycles. The lowest BCUT2D eigenvalue weighted by Gasteiger charge is -2.15. The van der Waals surface area contributed by atoms with Crippen LogP contribution in [0.15, 0.2) is 97.1 Å². The van der Waals surface area contributed by atoms with Gasteiger partial charge in [0.05, 0.1) is 22.4 Å². The molecule has 0 atom stereocenters. The van der Waals surface area contributed by atoms with E-state index in [-0.39, 0.29) is 5.56 Å². The van der Waals surface area contributed by atoms with E-state index in [1.54, 1.807) is 54.6 Å². The number of amides is 2. The van der Waals surface area contributed by atoms with Crippen molar-refractivity contribution in [1.29, 1.82) is 0 Å². The average molecular weight is 433 g/mol. The lowest BCUT2D eigenvalue weighted by Crippen LogP contribution is -2.29. The summed E-state index contributed by atoms with van der Waals surface area (Å²) >= 11 is 0. The minimum Gasteiger partial charge on any atom is -0.423 e. The Labute approximate surface area is 190 Å². The number of hydrogen-bond acceptors (Lipinski definition) is 4. The van der Waals surface area contributed by atoms with Gasteiger partial charge in [-0.1, -0.05) is 60.2 Å². The molecule has 0 saturated carbocycles. The Morgan fingerprint density at radius 2 is 1.27 bits per heavy atom. The van der Waals surface area contributed by atoms with E-state index in [0.29, 0.717) is 22.6 Å². The topological polar surface area (TPSA) is 63.7 Å². The standard InChI is InChI=1S/C28H19NO4/c1-18-9-11-19(12-10-18)20-13-15-23(16-14-20)33-28(32)21-5-4-6-22(17-21)29-26(30)24-7-2-3-8-25(24)27(29)31/h2-17H,1H3. The molecule has 5 rings (SSSR count). The highest BCUT2D eigenvalue weighted by atomic mass is 16.5. The molecular formula is C28H19NO4. The molecule has 33 heavy (non-hydrogen) atoms. The van der Waals surface area contributed by atoms with Gasteiger partial charge in [-0.2, -0.15) is 0 Å². The van der Waals surface area contributed by atoms with Gasteiger partial charge >= 0.3 is 5.97 Å². The second-order valence-corrected chi connectivity index (χ2v) is 7.82. The maximum Gasteiger partial charge on any atom is 0.343 e. The number of rotatable bonds is 4. The van der Waals surface area contributed by atoms with E-state index in [4.69, 9.17) is 4.74 Å². The number of benzene rings is 4. The zero-order valence-electron chi connectivity index (χ0n) is 17.8. The number of carbonyl (C=O) groups excluding carboxylic acids is 3. The first-order chi connectivity index (χ1) is 16.0. The third kappa shape index (κ3) is 3.81. The molecule has 160 valence electrons. The molecule has 5 nitrogen and oxygen atoms in total. The summed E-state index contributed by atoms with van der Waals surface area (Å²) in [6, 6.07) is 28.4. The quantitative estimate of drug-likeness (QED) is 0.236. The minimum atomic E-state index is -0.573. The van der Waals surface area contributed by atoms with Gasteiger partial charge in [0.15, 0.2) is 0 Å². The van der Waals surface area contributed by atoms with Gasteiger partial charge in [0.1, 0.15) is 5.75 Å². The number of aryl methyl sites for hydroxylation is 1. The number of nitrogens with zero attached hydrogens (tertiary/aromatic N) is 1. The van der Waals surface area contributed by atoms with Crippen LogP contribution in [-0.4, -0.2) is 17.8 Å². The lowest BCUT2D eigenvalue weighted by atomic mass is 10.0. The van der Waals surface area contributed by atoms with Gasteiger partial charge in [0.25, 0.3) is 11.8 Å². The summed E-state index contributed by atoms with van der Waals surface area (Å²) in [4.78, 5) is 39.3. The van der Waals surface area contributed by atoms with Crippen molar-refractivity contribution in [3.8, 4) is 16.9 Å². The predicted molar refractivity (Wildman–Crippen MR) is 126 cm³/mol. The van der Waals surface area contributed by atoms with Crippen molar-refractivity contribution in [1.82, 2.24) is 0 Å². The summed E-state index contributed by atoms with van der Waals surface area (Å²) in [5.41, 5.74) is 4.55. The molecule has 0 saturated heterocycles. The normalized spacial score (nSPS) is 12.6. The predicted octanol–water partition coefficient (Wildman–Crippen LogP) is 5.68. The summed E-state index contributed by atoms with van der Waals surface area (Å²) in [5.74, 6) is -0.987. The smallest absolute Gasteiger partial charge is 0.343 e. The van der Waals surface area contributed by atoms with Crippen LogP contribution in [0.5, 0.6) is 5.75 Å². The molecule has 1 heterocycles. The second-order valence-electron chi connectivity index (χ2n) is 7.82. The van der Waals surface area contributed by atoms with Crippen LogP contribution in [0.4, 0.5) is 5.69 Å². The molecule has 2 amide bonds. The van der Waals surface area contributed by atoms with Crippen LogP contribution in [0.3, 0.4) is 0 Å². The van der Waals surface area contributed by atoms with Crippen molar-refractivity contribution in [3.63, 3.8) is 0 Å². The first kappa shape index (κ1) is 20.4. The van der Waals surface area contributed by atoms with Crippen molar-refractivity contribution >= 4 is 23.5 Å². The zero-order chi connectivity index (χ0) is 22.9. The SMILES string of the molecule is Cc1ccc(-c2ccc(OC(=O)c3cccc(N4C(=O)c5ccccc5C4=O)c3)cc2)cc1. The third-order valence-electron chi connectivity index (χ3n) is 5.58. The van der Waals surface area contributed by atoms with Gasteiger partial charge in [0, 0.05) is 0 Å². The molecular weight excluding hydrogens is 414 g/mol.